The highest BCUT2D eigenvalue weighted by Gasteiger charge is 2.19. The van der Waals surface area contributed by atoms with Crippen LogP contribution in [0.2, 0.25) is 0 Å². The van der Waals surface area contributed by atoms with Gasteiger partial charge in [-0.25, -0.2) is 4.98 Å². The van der Waals surface area contributed by atoms with Crippen LogP contribution in [0.25, 0.3) is 0 Å². The molecule has 1 rings (SSSR count). The number of nitrogens with zero attached hydrogens (tertiary/aromatic N) is 2. The van der Waals surface area contributed by atoms with Gasteiger partial charge in [-0.3, -0.25) is 4.79 Å². The monoisotopic (exact) mass is 256 g/mol. The first-order chi connectivity index (χ1) is 8.08. The number of nitrogens with one attached hydrogen (secondary N) is 1. The first kappa shape index (κ1) is 13.1. The van der Waals surface area contributed by atoms with Crippen molar-refractivity contribution in [3.05, 3.63) is 11.1 Å². The Hall–Kier alpha value is -1.96. The number of carbonyl (C=O) groups is 2. The van der Waals surface area contributed by atoms with E-state index < -0.39 is 11.9 Å². The second-order valence-corrected chi connectivity index (χ2v) is 3.98. The summed E-state index contributed by atoms with van der Waals surface area (Å²) in [7, 11) is 1.31. The fraction of sp³-hybridized carbons (Fsp3) is 0.333. The number of rotatable bonds is 5. The summed E-state index contributed by atoms with van der Waals surface area (Å²) >= 11 is 1.18. The van der Waals surface area contributed by atoms with Crippen LogP contribution in [0.3, 0.4) is 0 Å². The molecule has 0 saturated carbocycles. The number of nitrogens with two attached hydrogens (primary N) is 1. The standard InChI is InChI=1S/C9H12N4O3S/c1-5(3-14)11-8(15)7(13-16-2)6-4-17-9(10)12-6/h3-5H,1-2H3,(H2,10,12)(H,11,15)/t5-/m0/s1. The average Bonchev–Trinajstić information content (AvgIpc) is 2.72. The van der Waals surface area contributed by atoms with Crippen molar-refractivity contribution in [2.45, 2.75) is 13.0 Å². The highest BCUT2D eigenvalue weighted by molar-refractivity contribution is 7.13. The summed E-state index contributed by atoms with van der Waals surface area (Å²) in [6.45, 7) is 1.55. The van der Waals surface area contributed by atoms with Crippen LogP contribution in [0, 0.1) is 0 Å². The molecule has 0 bridgehead atoms. The van der Waals surface area contributed by atoms with Crippen LogP contribution in [0.5, 0.6) is 0 Å². The zero-order valence-electron chi connectivity index (χ0n) is 9.34. The Labute approximate surface area is 102 Å². The maximum Gasteiger partial charge on any atom is 0.276 e. The van der Waals surface area contributed by atoms with Gasteiger partial charge >= 0.3 is 0 Å². The molecule has 0 aliphatic rings. The lowest BCUT2D eigenvalue weighted by atomic mass is 10.2. The Bertz CT molecular complexity index is 443. The third-order valence-corrected chi connectivity index (χ3v) is 2.40. The van der Waals surface area contributed by atoms with Gasteiger partial charge in [-0.15, -0.1) is 11.3 Å². The molecule has 0 radical (unpaired) electrons. The summed E-state index contributed by atoms with van der Waals surface area (Å²) in [6, 6.07) is -0.611. The lowest BCUT2D eigenvalue weighted by Gasteiger charge is -2.07. The molecule has 92 valence electrons. The van der Waals surface area contributed by atoms with E-state index in [4.69, 9.17) is 5.73 Å². The fourth-order valence-corrected chi connectivity index (χ4v) is 1.55. The average molecular weight is 256 g/mol. The number of anilines is 1. The summed E-state index contributed by atoms with van der Waals surface area (Å²) in [4.78, 5) is 30.7. The summed E-state index contributed by atoms with van der Waals surface area (Å²) in [6.07, 6.45) is 0.609. The maximum atomic E-state index is 11.8. The number of oxime groups is 1. The van der Waals surface area contributed by atoms with E-state index in [1.165, 1.54) is 18.4 Å². The topological polar surface area (TPSA) is 107 Å². The van der Waals surface area contributed by atoms with Crippen molar-refractivity contribution in [2.75, 3.05) is 12.8 Å². The SMILES string of the molecule is CON=C(C(=O)N[C@@H](C)C=O)c1csc(N)n1. The summed E-state index contributed by atoms with van der Waals surface area (Å²) in [5, 5.41) is 7.90. The van der Waals surface area contributed by atoms with Crippen LogP contribution in [0.1, 0.15) is 12.6 Å². The molecule has 0 aliphatic carbocycles. The van der Waals surface area contributed by atoms with Crippen molar-refractivity contribution >= 4 is 34.4 Å². The quantitative estimate of drug-likeness (QED) is 0.430. The van der Waals surface area contributed by atoms with E-state index >= 15 is 0 Å². The number of carbonyl (C=O) groups excluding carboxylic acids is 2. The Morgan fingerprint density at radius 1 is 1.76 bits per heavy atom. The van der Waals surface area contributed by atoms with E-state index in [2.05, 4.69) is 20.3 Å². The van der Waals surface area contributed by atoms with Gasteiger partial charge in [-0.2, -0.15) is 0 Å². The Balaban J connectivity index is 2.91. The van der Waals surface area contributed by atoms with Gasteiger partial charge in [0.05, 0.1) is 6.04 Å². The Morgan fingerprint density at radius 3 is 2.94 bits per heavy atom. The van der Waals surface area contributed by atoms with Gasteiger partial charge in [0.2, 0.25) is 0 Å². The van der Waals surface area contributed by atoms with Crippen LogP contribution in [0.4, 0.5) is 5.13 Å². The van der Waals surface area contributed by atoms with Crippen LogP contribution in [0.15, 0.2) is 10.5 Å². The molecule has 0 aliphatic heterocycles. The minimum Gasteiger partial charge on any atom is -0.398 e. The van der Waals surface area contributed by atoms with E-state index in [-0.39, 0.29) is 5.71 Å². The van der Waals surface area contributed by atoms with Crippen molar-refractivity contribution in [3.63, 3.8) is 0 Å². The van der Waals surface area contributed by atoms with Gasteiger partial charge in [0.1, 0.15) is 19.1 Å². The molecule has 1 heterocycles. The van der Waals surface area contributed by atoms with Gasteiger partial charge in [0.15, 0.2) is 10.8 Å². The van der Waals surface area contributed by atoms with Crippen LogP contribution < -0.4 is 11.1 Å². The van der Waals surface area contributed by atoms with Gasteiger partial charge < -0.3 is 20.7 Å². The van der Waals surface area contributed by atoms with E-state index in [9.17, 15) is 9.59 Å². The molecule has 3 N–H and O–H groups in total. The minimum absolute atomic E-state index is 0.0193. The van der Waals surface area contributed by atoms with E-state index in [0.29, 0.717) is 17.1 Å². The highest BCUT2D eigenvalue weighted by Crippen LogP contribution is 2.12. The van der Waals surface area contributed by atoms with Crippen LogP contribution in [-0.4, -0.2) is 36.0 Å². The number of aromatic nitrogens is 1. The maximum absolute atomic E-state index is 11.8. The zero-order chi connectivity index (χ0) is 12.8. The molecular weight excluding hydrogens is 244 g/mol. The second-order valence-electron chi connectivity index (χ2n) is 3.09. The number of hydrogen-bond donors (Lipinski definition) is 2. The smallest absolute Gasteiger partial charge is 0.276 e. The molecule has 0 unspecified atom stereocenters. The van der Waals surface area contributed by atoms with Crippen molar-refractivity contribution in [2.24, 2.45) is 5.16 Å². The van der Waals surface area contributed by atoms with E-state index in [1.54, 1.807) is 12.3 Å². The highest BCUT2D eigenvalue weighted by atomic mass is 32.1. The van der Waals surface area contributed by atoms with Gasteiger partial charge in [0.25, 0.3) is 5.91 Å². The third kappa shape index (κ3) is 3.52. The molecule has 0 fully saturated rings. The summed E-state index contributed by atoms with van der Waals surface area (Å²) in [5.74, 6) is -0.545. The number of thiazole rings is 1. The number of aldehydes is 1. The van der Waals surface area contributed by atoms with E-state index in [1.807, 2.05) is 0 Å². The molecule has 1 aromatic rings. The van der Waals surface area contributed by atoms with E-state index in [0.717, 1.165) is 0 Å². The molecule has 17 heavy (non-hydrogen) atoms. The molecule has 1 amide bonds. The lowest BCUT2D eigenvalue weighted by molar-refractivity contribution is -0.118. The largest absolute Gasteiger partial charge is 0.398 e. The first-order valence-electron chi connectivity index (χ1n) is 4.67. The van der Waals surface area contributed by atoms with Crippen LogP contribution in [-0.2, 0) is 14.4 Å². The minimum atomic E-state index is -0.611. The Kier molecular flexibility index (Phi) is 4.58. The van der Waals surface area contributed by atoms with Crippen molar-refractivity contribution < 1.29 is 14.4 Å². The normalized spacial score (nSPS) is 12.9. The predicted octanol–water partition coefficient (Wildman–Crippen LogP) is -0.221. The van der Waals surface area contributed by atoms with Gasteiger partial charge in [0, 0.05) is 5.38 Å². The molecule has 7 nitrogen and oxygen atoms in total. The number of amides is 1. The second kappa shape index (κ2) is 5.94. The van der Waals surface area contributed by atoms with Crippen LogP contribution >= 0.6 is 11.3 Å². The summed E-state index contributed by atoms with van der Waals surface area (Å²) < 4.78 is 0. The van der Waals surface area contributed by atoms with Crippen molar-refractivity contribution in [1.82, 2.24) is 10.3 Å². The van der Waals surface area contributed by atoms with Crippen molar-refractivity contribution in [3.8, 4) is 0 Å². The number of nitrogen functional groups attached to an aromatic ring is 1. The molecule has 0 saturated heterocycles. The molecule has 8 heteroatoms. The molecule has 1 atom stereocenters. The Morgan fingerprint density at radius 2 is 2.47 bits per heavy atom. The summed E-state index contributed by atoms with van der Waals surface area (Å²) in [5.41, 5.74) is 5.75. The molecule has 0 aromatic carbocycles. The predicted molar refractivity (Wildman–Crippen MR) is 63.7 cm³/mol. The molecule has 0 spiro atoms. The first-order valence-corrected chi connectivity index (χ1v) is 5.55. The number of hydrogen-bond acceptors (Lipinski definition) is 7. The zero-order valence-corrected chi connectivity index (χ0v) is 10.2. The lowest BCUT2D eigenvalue weighted by Crippen LogP contribution is -2.39. The van der Waals surface area contributed by atoms with Gasteiger partial charge in [-0.1, -0.05) is 5.16 Å². The van der Waals surface area contributed by atoms with Crippen molar-refractivity contribution in [1.29, 1.82) is 0 Å². The van der Waals surface area contributed by atoms with Gasteiger partial charge in [-0.05, 0) is 6.92 Å². The third-order valence-electron chi connectivity index (χ3n) is 1.73. The molecule has 1 aromatic heterocycles. The molecular formula is C9H12N4O3S. The fourth-order valence-electron chi connectivity index (χ4n) is 1.00.